The van der Waals surface area contributed by atoms with E-state index < -0.39 is 0 Å². The standard InChI is InChI=1S/C16H29N3O/c20-15(19-11-5-2-6-12-19)18-14-7-10-17-16(13-14)8-3-1-4-9-16/h14,17H,1-13H2,(H,18,20). The maximum Gasteiger partial charge on any atom is 0.317 e. The Hall–Kier alpha value is -0.770. The Bertz CT molecular complexity index is 327. The van der Waals surface area contributed by atoms with Crippen LogP contribution in [-0.2, 0) is 0 Å². The molecule has 0 radical (unpaired) electrons. The molecule has 1 spiro atoms. The molecule has 1 unspecified atom stereocenters. The van der Waals surface area contributed by atoms with Crippen LogP contribution in [0.15, 0.2) is 0 Å². The Morgan fingerprint density at radius 3 is 2.50 bits per heavy atom. The summed E-state index contributed by atoms with van der Waals surface area (Å²) in [7, 11) is 0. The summed E-state index contributed by atoms with van der Waals surface area (Å²) in [5, 5.41) is 7.06. The van der Waals surface area contributed by atoms with Gasteiger partial charge in [-0.25, -0.2) is 4.79 Å². The first-order chi connectivity index (χ1) is 9.77. The monoisotopic (exact) mass is 279 g/mol. The molecule has 2 N–H and O–H groups in total. The highest BCUT2D eigenvalue weighted by molar-refractivity contribution is 5.74. The summed E-state index contributed by atoms with van der Waals surface area (Å²) < 4.78 is 0. The third kappa shape index (κ3) is 3.27. The van der Waals surface area contributed by atoms with Gasteiger partial charge < -0.3 is 15.5 Å². The van der Waals surface area contributed by atoms with Crippen molar-refractivity contribution in [2.45, 2.75) is 75.8 Å². The molecule has 4 heteroatoms. The second kappa shape index (κ2) is 6.33. The Morgan fingerprint density at radius 2 is 1.75 bits per heavy atom. The fraction of sp³-hybridized carbons (Fsp3) is 0.938. The van der Waals surface area contributed by atoms with Crippen LogP contribution in [0, 0.1) is 0 Å². The van der Waals surface area contributed by atoms with E-state index in [1.54, 1.807) is 0 Å². The molecule has 1 aliphatic carbocycles. The number of rotatable bonds is 1. The van der Waals surface area contributed by atoms with E-state index in [4.69, 9.17) is 0 Å². The summed E-state index contributed by atoms with van der Waals surface area (Å²) in [6, 6.07) is 0.561. The summed E-state index contributed by atoms with van der Waals surface area (Å²) in [6.45, 7) is 2.95. The molecular weight excluding hydrogens is 250 g/mol. The molecule has 3 fully saturated rings. The number of likely N-dealkylation sites (tertiary alicyclic amines) is 1. The van der Waals surface area contributed by atoms with Gasteiger partial charge >= 0.3 is 6.03 Å². The first-order valence-electron chi connectivity index (χ1n) is 8.58. The zero-order valence-corrected chi connectivity index (χ0v) is 12.6. The number of carbonyl (C=O) groups is 1. The second-order valence-electron chi connectivity index (χ2n) is 6.95. The van der Waals surface area contributed by atoms with Crippen LogP contribution in [0.5, 0.6) is 0 Å². The highest BCUT2D eigenvalue weighted by Crippen LogP contribution is 2.34. The fourth-order valence-electron chi connectivity index (χ4n) is 4.25. The van der Waals surface area contributed by atoms with Crippen LogP contribution < -0.4 is 10.6 Å². The van der Waals surface area contributed by atoms with E-state index in [-0.39, 0.29) is 6.03 Å². The number of nitrogens with one attached hydrogen (secondary N) is 2. The average Bonchev–Trinajstić information content (AvgIpc) is 2.49. The summed E-state index contributed by atoms with van der Waals surface area (Å²) in [5.74, 6) is 0. The van der Waals surface area contributed by atoms with Gasteiger partial charge in [0.1, 0.15) is 0 Å². The van der Waals surface area contributed by atoms with Crippen molar-refractivity contribution in [1.29, 1.82) is 0 Å². The predicted octanol–water partition coefficient (Wildman–Crippen LogP) is 2.64. The van der Waals surface area contributed by atoms with Crippen LogP contribution in [0.1, 0.15) is 64.2 Å². The smallest absolute Gasteiger partial charge is 0.317 e. The third-order valence-corrected chi connectivity index (χ3v) is 5.41. The molecule has 0 aromatic heterocycles. The van der Waals surface area contributed by atoms with Crippen molar-refractivity contribution >= 4 is 6.03 Å². The van der Waals surface area contributed by atoms with Gasteiger partial charge in [0.25, 0.3) is 0 Å². The van der Waals surface area contributed by atoms with Crippen LogP contribution >= 0.6 is 0 Å². The molecule has 2 heterocycles. The largest absolute Gasteiger partial charge is 0.335 e. The lowest BCUT2D eigenvalue weighted by Crippen LogP contribution is -2.58. The normalized spacial score (nSPS) is 30.2. The van der Waals surface area contributed by atoms with Gasteiger partial charge in [0, 0.05) is 24.7 Å². The molecule has 3 rings (SSSR count). The molecular formula is C16H29N3O. The minimum atomic E-state index is 0.183. The molecule has 114 valence electrons. The number of hydrogen-bond donors (Lipinski definition) is 2. The van der Waals surface area contributed by atoms with Gasteiger partial charge in [0.15, 0.2) is 0 Å². The highest BCUT2D eigenvalue weighted by Gasteiger charge is 2.37. The number of carbonyl (C=O) groups excluding carboxylic acids is 1. The number of nitrogens with zero attached hydrogens (tertiary/aromatic N) is 1. The zero-order valence-electron chi connectivity index (χ0n) is 12.6. The Balaban J connectivity index is 1.52. The van der Waals surface area contributed by atoms with Crippen molar-refractivity contribution in [1.82, 2.24) is 15.5 Å². The molecule has 20 heavy (non-hydrogen) atoms. The van der Waals surface area contributed by atoms with Crippen LogP contribution in [0.25, 0.3) is 0 Å². The van der Waals surface area contributed by atoms with Crippen molar-refractivity contribution in [3.63, 3.8) is 0 Å². The van der Waals surface area contributed by atoms with Crippen LogP contribution in [0.2, 0.25) is 0 Å². The Morgan fingerprint density at radius 1 is 1.05 bits per heavy atom. The molecule has 0 bridgehead atoms. The minimum Gasteiger partial charge on any atom is -0.335 e. The van der Waals surface area contributed by atoms with Crippen LogP contribution in [0.3, 0.4) is 0 Å². The predicted molar refractivity (Wildman–Crippen MR) is 80.8 cm³/mol. The van der Waals surface area contributed by atoms with Crippen molar-refractivity contribution < 1.29 is 4.79 Å². The Labute approximate surface area is 122 Å². The summed E-state index contributed by atoms with van der Waals surface area (Å²) in [5.41, 5.74) is 0.330. The first kappa shape index (κ1) is 14.2. The van der Waals surface area contributed by atoms with E-state index in [0.717, 1.165) is 32.5 Å². The van der Waals surface area contributed by atoms with Crippen molar-refractivity contribution in [3.8, 4) is 0 Å². The van der Waals surface area contributed by atoms with Gasteiger partial charge in [-0.3, -0.25) is 0 Å². The molecule has 3 aliphatic rings. The first-order valence-corrected chi connectivity index (χ1v) is 8.58. The van der Waals surface area contributed by atoms with Gasteiger partial charge in [-0.15, -0.1) is 0 Å². The molecule has 0 aromatic carbocycles. The van der Waals surface area contributed by atoms with E-state index >= 15 is 0 Å². The lowest BCUT2D eigenvalue weighted by molar-refractivity contribution is 0.145. The molecule has 1 saturated carbocycles. The molecule has 2 aliphatic heterocycles. The molecule has 4 nitrogen and oxygen atoms in total. The van der Waals surface area contributed by atoms with E-state index in [1.807, 2.05) is 4.90 Å². The summed E-state index contributed by atoms with van der Waals surface area (Å²) >= 11 is 0. The van der Waals surface area contributed by atoms with Gasteiger partial charge in [-0.05, 0) is 51.5 Å². The van der Waals surface area contributed by atoms with Gasteiger partial charge in [-0.1, -0.05) is 19.3 Å². The lowest BCUT2D eigenvalue weighted by Gasteiger charge is -2.45. The summed E-state index contributed by atoms with van der Waals surface area (Å²) in [4.78, 5) is 14.3. The SMILES string of the molecule is O=C(NC1CCNC2(CCCCC2)C1)N1CCCCC1. The van der Waals surface area contributed by atoms with Crippen LogP contribution in [0.4, 0.5) is 4.79 Å². The topological polar surface area (TPSA) is 44.4 Å². The molecule has 2 saturated heterocycles. The van der Waals surface area contributed by atoms with Gasteiger partial charge in [0.05, 0.1) is 0 Å². The van der Waals surface area contributed by atoms with Crippen molar-refractivity contribution in [3.05, 3.63) is 0 Å². The van der Waals surface area contributed by atoms with Crippen molar-refractivity contribution in [2.24, 2.45) is 0 Å². The zero-order chi connectivity index (χ0) is 13.8. The van der Waals surface area contributed by atoms with E-state index in [0.29, 0.717) is 11.6 Å². The molecule has 1 atom stereocenters. The highest BCUT2D eigenvalue weighted by atomic mass is 16.2. The van der Waals surface area contributed by atoms with Crippen LogP contribution in [-0.4, -0.2) is 42.1 Å². The van der Waals surface area contributed by atoms with Gasteiger partial charge in [0.2, 0.25) is 0 Å². The number of piperidine rings is 2. The maximum absolute atomic E-state index is 12.3. The minimum absolute atomic E-state index is 0.183. The fourth-order valence-corrected chi connectivity index (χ4v) is 4.25. The van der Waals surface area contributed by atoms with E-state index in [2.05, 4.69) is 10.6 Å². The second-order valence-corrected chi connectivity index (χ2v) is 6.95. The summed E-state index contributed by atoms with van der Waals surface area (Å²) in [6.07, 6.45) is 12.5. The number of amides is 2. The van der Waals surface area contributed by atoms with Crippen molar-refractivity contribution in [2.75, 3.05) is 19.6 Å². The number of hydrogen-bond acceptors (Lipinski definition) is 2. The third-order valence-electron chi connectivity index (χ3n) is 5.41. The number of urea groups is 1. The molecule has 2 amide bonds. The lowest BCUT2D eigenvalue weighted by atomic mass is 9.75. The maximum atomic E-state index is 12.3. The van der Waals surface area contributed by atoms with E-state index in [1.165, 1.54) is 51.4 Å². The quantitative estimate of drug-likeness (QED) is 0.775. The molecule has 0 aromatic rings. The van der Waals surface area contributed by atoms with Gasteiger partial charge in [-0.2, -0.15) is 0 Å². The average molecular weight is 279 g/mol. The van der Waals surface area contributed by atoms with E-state index in [9.17, 15) is 4.79 Å². The Kier molecular flexibility index (Phi) is 4.49.